The molecule has 0 saturated heterocycles. The predicted octanol–water partition coefficient (Wildman–Crippen LogP) is 0.107. The third kappa shape index (κ3) is 4.31. The van der Waals surface area contributed by atoms with Crippen LogP contribution in [0.3, 0.4) is 0 Å². The molecule has 0 fully saturated rings. The second-order valence-corrected chi connectivity index (χ2v) is 6.01. The van der Waals surface area contributed by atoms with Crippen LogP contribution in [0.15, 0.2) is 28.0 Å². The predicted molar refractivity (Wildman–Crippen MR) is 88.8 cm³/mol. The second-order valence-electron chi connectivity index (χ2n) is 6.01. The average molecular weight is 379 g/mol. The number of fused-ring (bicyclic) bond motifs is 1. The van der Waals surface area contributed by atoms with Gasteiger partial charge in [0.25, 0.3) is 5.88 Å². The van der Waals surface area contributed by atoms with E-state index in [1.54, 1.807) is 6.07 Å². The number of rotatable bonds is 7. The summed E-state index contributed by atoms with van der Waals surface area (Å²) in [7, 11) is 0. The highest BCUT2D eigenvalue weighted by molar-refractivity contribution is 5.98. The number of aliphatic hydroxyl groups is 1. The quantitative estimate of drug-likeness (QED) is 0.230. The van der Waals surface area contributed by atoms with Crippen LogP contribution in [0.2, 0.25) is 0 Å². The highest BCUT2D eigenvalue weighted by Crippen LogP contribution is 2.33. The van der Waals surface area contributed by atoms with E-state index in [9.17, 15) is 19.5 Å². The van der Waals surface area contributed by atoms with Gasteiger partial charge >= 0.3 is 0 Å². The SMILES string of the molecule is CC(=O)NC[C@H](O)COc1nonc1/C(=N\O)N[C@H]1Cc2ccc(F)cc21. The second kappa shape index (κ2) is 7.99. The Kier molecular flexibility index (Phi) is 5.50. The van der Waals surface area contributed by atoms with E-state index in [4.69, 9.17) is 4.74 Å². The molecule has 0 bridgehead atoms. The molecule has 2 atom stereocenters. The van der Waals surface area contributed by atoms with E-state index in [0.717, 1.165) is 11.1 Å². The van der Waals surface area contributed by atoms with Crippen molar-refractivity contribution in [3.63, 3.8) is 0 Å². The molecular weight excluding hydrogens is 361 g/mol. The molecule has 1 aromatic heterocycles. The number of ether oxygens (including phenoxy) is 1. The molecule has 1 aromatic carbocycles. The number of carbonyl (C=O) groups is 1. The summed E-state index contributed by atoms with van der Waals surface area (Å²) in [5, 5.41) is 34.8. The number of aliphatic hydroxyl groups excluding tert-OH is 1. The zero-order valence-corrected chi connectivity index (χ0v) is 14.3. The summed E-state index contributed by atoms with van der Waals surface area (Å²) in [5.74, 6) is -0.810. The molecule has 0 unspecified atom stereocenters. The standard InChI is InChI=1S/C16H18FN5O5/c1-8(23)18-6-11(24)7-26-16-14(21-27-22-16)15(20-25)19-13-4-9-2-3-10(17)5-12(9)13/h2-3,5,11,13,24-25H,4,6-7H2,1H3,(H,18,23)(H,19,20)/t11-,13-/m0/s1. The number of carbonyl (C=O) groups excluding carboxylic acids is 1. The lowest BCUT2D eigenvalue weighted by molar-refractivity contribution is -0.119. The van der Waals surface area contributed by atoms with E-state index >= 15 is 0 Å². The summed E-state index contributed by atoms with van der Waals surface area (Å²) < 4.78 is 23.3. The van der Waals surface area contributed by atoms with Crippen LogP contribution in [-0.4, -0.2) is 51.6 Å². The summed E-state index contributed by atoms with van der Waals surface area (Å²) in [6, 6.07) is 4.22. The third-order valence-corrected chi connectivity index (χ3v) is 4.00. The molecule has 1 heterocycles. The first-order chi connectivity index (χ1) is 13.0. The van der Waals surface area contributed by atoms with Gasteiger partial charge in [-0.2, -0.15) is 0 Å². The van der Waals surface area contributed by atoms with Crippen LogP contribution in [0.25, 0.3) is 0 Å². The summed E-state index contributed by atoms with van der Waals surface area (Å²) in [6.07, 6.45) is -0.367. The van der Waals surface area contributed by atoms with E-state index in [-0.39, 0.29) is 48.3 Å². The number of benzene rings is 1. The number of nitrogens with zero attached hydrogens (tertiary/aromatic N) is 3. The summed E-state index contributed by atoms with van der Waals surface area (Å²) >= 11 is 0. The van der Waals surface area contributed by atoms with Gasteiger partial charge in [0, 0.05) is 13.5 Å². The normalized spacial score (nSPS) is 16.9. The maximum atomic E-state index is 13.4. The van der Waals surface area contributed by atoms with Crippen molar-refractivity contribution in [1.82, 2.24) is 20.9 Å². The van der Waals surface area contributed by atoms with Crippen molar-refractivity contribution in [3.05, 3.63) is 40.8 Å². The van der Waals surface area contributed by atoms with Gasteiger partial charge in [-0.25, -0.2) is 9.02 Å². The lowest BCUT2D eigenvalue weighted by atomic mass is 9.83. The Morgan fingerprint density at radius 3 is 3.07 bits per heavy atom. The van der Waals surface area contributed by atoms with Gasteiger partial charge in [0.2, 0.25) is 17.4 Å². The topological polar surface area (TPSA) is 142 Å². The molecule has 11 heteroatoms. The third-order valence-electron chi connectivity index (χ3n) is 4.00. The minimum atomic E-state index is -0.984. The Bertz CT molecular complexity index is 855. The van der Waals surface area contributed by atoms with Crippen LogP contribution < -0.4 is 15.4 Å². The fraction of sp³-hybridized carbons (Fsp3) is 0.375. The molecule has 3 rings (SSSR count). The van der Waals surface area contributed by atoms with Gasteiger partial charge in [-0.05, 0) is 40.0 Å². The molecule has 0 radical (unpaired) electrons. The smallest absolute Gasteiger partial charge is 0.287 e. The van der Waals surface area contributed by atoms with Crippen molar-refractivity contribution >= 4 is 11.7 Å². The zero-order chi connectivity index (χ0) is 19.4. The highest BCUT2D eigenvalue weighted by Gasteiger charge is 2.30. The molecule has 0 saturated carbocycles. The Morgan fingerprint density at radius 2 is 2.33 bits per heavy atom. The molecule has 1 aliphatic carbocycles. The molecule has 27 heavy (non-hydrogen) atoms. The van der Waals surface area contributed by atoms with Crippen LogP contribution in [-0.2, 0) is 11.2 Å². The fourth-order valence-electron chi connectivity index (χ4n) is 2.63. The molecule has 4 N–H and O–H groups in total. The van der Waals surface area contributed by atoms with Crippen molar-refractivity contribution < 1.29 is 28.9 Å². The van der Waals surface area contributed by atoms with Crippen molar-refractivity contribution in [2.75, 3.05) is 13.2 Å². The van der Waals surface area contributed by atoms with Crippen LogP contribution in [0.1, 0.15) is 29.8 Å². The summed E-state index contributed by atoms with van der Waals surface area (Å²) in [4.78, 5) is 10.8. The lowest BCUT2D eigenvalue weighted by Gasteiger charge is -2.31. The number of halogens is 1. The Labute approximate surface area is 153 Å². The number of amidine groups is 1. The molecule has 10 nitrogen and oxygen atoms in total. The van der Waals surface area contributed by atoms with Crippen molar-refractivity contribution in [3.8, 4) is 5.88 Å². The maximum Gasteiger partial charge on any atom is 0.287 e. The van der Waals surface area contributed by atoms with Gasteiger partial charge in [0.05, 0.1) is 6.04 Å². The number of aromatic nitrogens is 2. The molecule has 0 aliphatic heterocycles. The summed E-state index contributed by atoms with van der Waals surface area (Å²) in [6.45, 7) is 1.13. The van der Waals surface area contributed by atoms with E-state index in [2.05, 4.69) is 30.7 Å². The van der Waals surface area contributed by atoms with Crippen molar-refractivity contribution in [1.29, 1.82) is 0 Å². The Morgan fingerprint density at radius 1 is 1.52 bits per heavy atom. The Hall–Kier alpha value is -3.21. The highest BCUT2D eigenvalue weighted by atomic mass is 19.1. The molecule has 0 spiro atoms. The van der Waals surface area contributed by atoms with Gasteiger partial charge in [0.1, 0.15) is 18.5 Å². The van der Waals surface area contributed by atoms with Crippen molar-refractivity contribution in [2.45, 2.75) is 25.5 Å². The van der Waals surface area contributed by atoms with E-state index in [1.807, 2.05) is 0 Å². The lowest BCUT2D eigenvalue weighted by Crippen LogP contribution is -2.37. The van der Waals surface area contributed by atoms with Gasteiger partial charge in [-0.1, -0.05) is 11.2 Å². The number of nitrogens with one attached hydrogen (secondary N) is 2. The van der Waals surface area contributed by atoms with E-state index in [1.165, 1.54) is 19.1 Å². The van der Waals surface area contributed by atoms with Crippen LogP contribution in [0, 0.1) is 5.82 Å². The van der Waals surface area contributed by atoms with Crippen LogP contribution in [0.5, 0.6) is 5.88 Å². The van der Waals surface area contributed by atoms with Crippen LogP contribution in [0.4, 0.5) is 4.39 Å². The maximum absolute atomic E-state index is 13.4. The molecule has 1 aliphatic rings. The monoisotopic (exact) mass is 379 g/mol. The minimum absolute atomic E-state index is 0.000431. The van der Waals surface area contributed by atoms with Gasteiger partial charge in [-0.3, -0.25) is 4.79 Å². The molecule has 1 amide bonds. The van der Waals surface area contributed by atoms with Crippen molar-refractivity contribution in [2.24, 2.45) is 5.16 Å². The number of amides is 1. The van der Waals surface area contributed by atoms with Gasteiger partial charge in [0.15, 0.2) is 0 Å². The molecular formula is C16H18FN5O5. The number of hydrogen-bond donors (Lipinski definition) is 4. The average Bonchev–Trinajstić information content (AvgIpc) is 3.09. The fourth-order valence-corrected chi connectivity index (χ4v) is 2.63. The minimum Gasteiger partial charge on any atom is -0.471 e. The van der Waals surface area contributed by atoms with E-state index < -0.39 is 6.10 Å². The van der Waals surface area contributed by atoms with Gasteiger partial charge in [-0.15, -0.1) is 0 Å². The number of hydrogen-bond acceptors (Lipinski definition) is 8. The summed E-state index contributed by atoms with van der Waals surface area (Å²) in [5.41, 5.74) is 1.73. The van der Waals surface area contributed by atoms with Crippen LogP contribution >= 0.6 is 0 Å². The van der Waals surface area contributed by atoms with Gasteiger partial charge < -0.3 is 25.7 Å². The largest absolute Gasteiger partial charge is 0.471 e. The Balaban J connectivity index is 1.62. The molecule has 2 aromatic rings. The number of oxime groups is 1. The first-order valence-electron chi connectivity index (χ1n) is 8.13. The van der Waals surface area contributed by atoms with E-state index in [0.29, 0.717) is 6.42 Å². The first kappa shape index (κ1) is 18.6. The molecule has 144 valence electrons. The first-order valence-corrected chi connectivity index (χ1v) is 8.13. The zero-order valence-electron chi connectivity index (χ0n) is 14.3.